The molecule has 1 amide bonds. The average Bonchev–Trinajstić information content (AvgIpc) is 2.65. The Morgan fingerprint density at radius 2 is 1.90 bits per heavy atom. The van der Waals surface area contributed by atoms with Gasteiger partial charge < -0.3 is 4.90 Å². The number of carbonyl (C=O) groups is 1. The van der Waals surface area contributed by atoms with E-state index in [1.54, 1.807) is 0 Å². The molecule has 0 bridgehead atoms. The minimum Gasteiger partial charge on any atom is -0.321 e. The van der Waals surface area contributed by atoms with Crippen LogP contribution in [0.4, 0.5) is 0 Å². The Bertz CT molecular complexity index is 480. The monoisotopic (exact) mass is 274 g/mol. The van der Waals surface area contributed by atoms with Crippen molar-refractivity contribution in [3.8, 4) is 0 Å². The maximum atomic E-state index is 12.7. The number of rotatable bonds is 4. The van der Waals surface area contributed by atoms with Crippen LogP contribution in [0, 0.1) is 12.8 Å². The average molecular weight is 274 g/mol. The molecule has 3 heteroatoms. The van der Waals surface area contributed by atoms with E-state index in [-0.39, 0.29) is 12.1 Å². The third-order valence-electron chi connectivity index (χ3n) is 4.16. The van der Waals surface area contributed by atoms with E-state index in [9.17, 15) is 4.79 Å². The lowest BCUT2D eigenvalue weighted by molar-refractivity contribution is -0.133. The summed E-state index contributed by atoms with van der Waals surface area (Å²) >= 11 is 0. The second-order valence-corrected chi connectivity index (χ2v) is 6.49. The number of carbonyl (C=O) groups excluding carboxylic acids is 1. The highest BCUT2D eigenvalue weighted by Crippen LogP contribution is 2.33. The molecule has 1 aliphatic heterocycles. The zero-order chi connectivity index (χ0) is 14.9. The summed E-state index contributed by atoms with van der Waals surface area (Å²) in [5, 5.41) is 3.53. The van der Waals surface area contributed by atoms with Crippen molar-refractivity contribution in [3.05, 3.63) is 35.4 Å². The van der Waals surface area contributed by atoms with E-state index in [0.29, 0.717) is 5.92 Å². The number of amides is 1. The van der Waals surface area contributed by atoms with Crippen LogP contribution in [-0.2, 0) is 4.79 Å². The van der Waals surface area contributed by atoms with Crippen LogP contribution in [0.15, 0.2) is 24.3 Å². The summed E-state index contributed by atoms with van der Waals surface area (Å²) in [5.41, 5.74) is 1.97. The molecule has 1 N–H and O–H groups in total. The van der Waals surface area contributed by atoms with Crippen LogP contribution in [0.5, 0.6) is 0 Å². The Hall–Kier alpha value is -1.35. The zero-order valence-electron chi connectivity index (χ0n) is 13.2. The number of nitrogens with zero attached hydrogens (tertiary/aromatic N) is 1. The number of aryl methyl sites for hydroxylation is 1. The Labute approximate surface area is 122 Å². The molecule has 0 aliphatic carbocycles. The van der Waals surface area contributed by atoms with Crippen molar-refractivity contribution in [1.29, 1.82) is 0 Å². The lowest BCUT2D eigenvalue weighted by Crippen LogP contribution is -2.43. The first-order valence-electron chi connectivity index (χ1n) is 7.52. The minimum absolute atomic E-state index is 0.00421. The SMILES string of the molecule is CCC1(C)NC(c2ccc(C)cc2)N(CC(C)C)C1=O. The van der Waals surface area contributed by atoms with Crippen LogP contribution >= 0.6 is 0 Å². The smallest absolute Gasteiger partial charge is 0.244 e. The first-order chi connectivity index (χ1) is 9.37. The van der Waals surface area contributed by atoms with Gasteiger partial charge in [-0.2, -0.15) is 0 Å². The van der Waals surface area contributed by atoms with Gasteiger partial charge in [-0.15, -0.1) is 0 Å². The standard InChI is InChI=1S/C17H26N2O/c1-6-17(5)16(20)19(11-12(2)3)15(18-17)14-9-7-13(4)8-10-14/h7-10,12,15,18H,6,11H2,1-5H3. The van der Waals surface area contributed by atoms with Gasteiger partial charge in [-0.05, 0) is 31.7 Å². The third kappa shape index (κ3) is 2.73. The lowest BCUT2D eigenvalue weighted by Gasteiger charge is -2.26. The fraction of sp³-hybridized carbons (Fsp3) is 0.588. The molecule has 1 aliphatic rings. The molecule has 0 radical (unpaired) electrons. The molecule has 1 fully saturated rings. The van der Waals surface area contributed by atoms with Crippen molar-refractivity contribution < 1.29 is 4.79 Å². The van der Waals surface area contributed by atoms with Gasteiger partial charge in [0.1, 0.15) is 6.17 Å². The van der Waals surface area contributed by atoms with Crippen LogP contribution in [-0.4, -0.2) is 22.9 Å². The molecule has 1 heterocycles. The van der Waals surface area contributed by atoms with Gasteiger partial charge in [0.25, 0.3) is 0 Å². The van der Waals surface area contributed by atoms with Gasteiger partial charge in [0.05, 0.1) is 5.54 Å². The summed E-state index contributed by atoms with van der Waals surface area (Å²) in [6.07, 6.45) is 0.804. The highest BCUT2D eigenvalue weighted by atomic mass is 16.2. The Morgan fingerprint density at radius 3 is 2.40 bits per heavy atom. The van der Waals surface area contributed by atoms with Gasteiger partial charge in [-0.1, -0.05) is 50.6 Å². The minimum atomic E-state index is -0.440. The largest absolute Gasteiger partial charge is 0.321 e. The normalized spacial score (nSPS) is 26.6. The van der Waals surface area contributed by atoms with Crippen molar-refractivity contribution >= 4 is 5.91 Å². The molecule has 1 saturated heterocycles. The molecule has 2 unspecified atom stereocenters. The molecule has 2 rings (SSSR count). The topological polar surface area (TPSA) is 32.3 Å². The van der Waals surface area contributed by atoms with Gasteiger partial charge in [0.2, 0.25) is 5.91 Å². The fourth-order valence-corrected chi connectivity index (χ4v) is 2.72. The molecule has 0 aromatic heterocycles. The summed E-state index contributed by atoms with van der Waals surface area (Å²) in [4.78, 5) is 14.7. The summed E-state index contributed by atoms with van der Waals surface area (Å²) in [7, 11) is 0. The predicted molar refractivity (Wildman–Crippen MR) is 82.3 cm³/mol. The maximum absolute atomic E-state index is 12.7. The predicted octanol–water partition coefficient (Wildman–Crippen LogP) is 3.25. The molecular weight excluding hydrogens is 248 g/mol. The zero-order valence-corrected chi connectivity index (χ0v) is 13.2. The first-order valence-corrected chi connectivity index (χ1v) is 7.52. The van der Waals surface area contributed by atoms with Crippen molar-refractivity contribution in [3.63, 3.8) is 0 Å². The highest BCUT2D eigenvalue weighted by Gasteiger charge is 2.47. The molecule has 2 atom stereocenters. The van der Waals surface area contributed by atoms with Crippen molar-refractivity contribution in [1.82, 2.24) is 10.2 Å². The Kier molecular flexibility index (Phi) is 4.19. The summed E-state index contributed by atoms with van der Waals surface area (Å²) in [6, 6.07) is 8.46. The molecular formula is C17H26N2O. The summed E-state index contributed by atoms with van der Waals surface area (Å²) in [6.45, 7) is 11.3. The van der Waals surface area contributed by atoms with Gasteiger partial charge in [-0.3, -0.25) is 10.1 Å². The van der Waals surface area contributed by atoms with Gasteiger partial charge >= 0.3 is 0 Å². The van der Waals surface area contributed by atoms with Crippen molar-refractivity contribution in [2.24, 2.45) is 5.92 Å². The van der Waals surface area contributed by atoms with Crippen molar-refractivity contribution in [2.45, 2.75) is 52.7 Å². The quantitative estimate of drug-likeness (QED) is 0.914. The third-order valence-corrected chi connectivity index (χ3v) is 4.16. The molecule has 1 aromatic carbocycles. The van der Waals surface area contributed by atoms with Crippen LogP contribution in [0.1, 0.15) is 51.4 Å². The number of nitrogens with one attached hydrogen (secondary N) is 1. The first kappa shape index (κ1) is 15.0. The number of benzene rings is 1. The van der Waals surface area contributed by atoms with E-state index in [2.05, 4.69) is 57.3 Å². The molecule has 110 valence electrons. The molecule has 0 spiro atoms. The van der Waals surface area contributed by atoms with Gasteiger partial charge in [-0.25, -0.2) is 0 Å². The van der Waals surface area contributed by atoms with E-state index < -0.39 is 5.54 Å². The number of hydrogen-bond acceptors (Lipinski definition) is 2. The molecule has 20 heavy (non-hydrogen) atoms. The van der Waals surface area contributed by atoms with Crippen LogP contribution < -0.4 is 5.32 Å². The van der Waals surface area contributed by atoms with Gasteiger partial charge in [0, 0.05) is 6.54 Å². The molecule has 3 nitrogen and oxygen atoms in total. The molecule has 1 aromatic rings. The van der Waals surface area contributed by atoms with Crippen LogP contribution in [0.3, 0.4) is 0 Å². The Morgan fingerprint density at radius 1 is 1.30 bits per heavy atom. The highest BCUT2D eigenvalue weighted by molar-refractivity contribution is 5.88. The number of hydrogen-bond donors (Lipinski definition) is 1. The van der Waals surface area contributed by atoms with Crippen molar-refractivity contribution in [2.75, 3.05) is 6.54 Å². The Balaban J connectivity index is 2.33. The fourth-order valence-electron chi connectivity index (χ4n) is 2.72. The van der Waals surface area contributed by atoms with E-state index in [1.165, 1.54) is 11.1 Å². The second-order valence-electron chi connectivity index (χ2n) is 6.49. The lowest BCUT2D eigenvalue weighted by atomic mass is 9.99. The van der Waals surface area contributed by atoms with Crippen LogP contribution in [0.25, 0.3) is 0 Å². The summed E-state index contributed by atoms with van der Waals surface area (Å²) in [5.74, 6) is 0.687. The maximum Gasteiger partial charge on any atom is 0.244 e. The van der Waals surface area contributed by atoms with Crippen LogP contribution in [0.2, 0.25) is 0 Å². The second kappa shape index (κ2) is 5.57. The molecule has 0 saturated carbocycles. The summed E-state index contributed by atoms with van der Waals surface area (Å²) < 4.78 is 0. The van der Waals surface area contributed by atoms with E-state index in [4.69, 9.17) is 0 Å². The van der Waals surface area contributed by atoms with E-state index in [0.717, 1.165) is 13.0 Å². The van der Waals surface area contributed by atoms with Gasteiger partial charge in [0.15, 0.2) is 0 Å². The van der Waals surface area contributed by atoms with E-state index >= 15 is 0 Å². The van der Waals surface area contributed by atoms with E-state index in [1.807, 2.05) is 11.8 Å².